The Morgan fingerprint density at radius 2 is 2.17 bits per heavy atom. The summed E-state index contributed by atoms with van der Waals surface area (Å²) in [5, 5.41) is 8.12. The van der Waals surface area contributed by atoms with E-state index in [0.29, 0.717) is 6.04 Å². The maximum absolute atomic E-state index is 4.59. The van der Waals surface area contributed by atoms with E-state index in [1.807, 2.05) is 6.92 Å². The highest BCUT2D eigenvalue weighted by Crippen LogP contribution is 2.36. The lowest BCUT2D eigenvalue weighted by molar-refractivity contribution is 0.657. The molecule has 2 N–H and O–H groups in total. The number of hydrogen-bond acceptors (Lipinski definition) is 5. The van der Waals surface area contributed by atoms with Gasteiger partial charge in [-0.15, -0.1) is 11.3 Å². The van der Waals surface area contributed by atoms with Crippen molar-refractivity contribution in [1.29, 1.82) is 0 Å². The van der Waals surface area contributed by atoms with Crippen LogP contribution in [0.4, 0.5) is 5.82 Å². The molecule has 1 aliphatic rings. The average Bonchev–Trinajstić information content (AvgIpc) is 2.65. The van der Waals surface area contributed by atoms with Crippen LogP contribution in [0.1, 0.15) is 30.1 Å². The second-order valence-electron chi connectivity index (χ2n) is 5.03. The molecule has 0 saturated heterocycles. The number of aromatic nitrogens is 2. The van der Waals surface area contributed by atoms with Crippen LogP contribution in [0.15, 0.2) is 0 Å². The van der Waals surface area contributed by atoms with Crippen molar-refractivity contribution in [3.63, 3.8) is 0 Å². The zero-order valence-corrected chi connectivity index (χ0v) is 11.8. The predicted molar refractivity (Wildman–Crippen MR) is 76.3 cm³/mol. The van der Waals surface area contributed by atoms with E-state index < -0.39 is 0 Å². The Bertz CT molecular complexity index is 588. The highest BCUT2D eigenvalue weighted by atomic mass is 32.1. The van der Waals surface area contributed by atoms with E-state index in [9.17, 15) is 0 Å². The molecule has 0 aliphatic carbocycles. The van der Waals surface area contributed by atoms with E-state index in [1.54, 1.807) is 11.3 Å². The standard InChI is InChI=1S/C13H18N4S/c1-7(2)15-12-11-9-4-5-14-6-10(9)18-13(11)17-8(3)16-12/h7,14H,4-6H2,1-3H3,(H,15,16,17). The summed E-state index contributed by atoms with van der Waals surface area (Å²) >= 11 is 1.80. The number of fused-ring (bicyclic) bond motifs is 3. The van der Waals surface area contributed by atoms with Crippen molar-refractivity contribution in [2.75, 3.05) is 11.9 Å². The first-order valence-electron chi connectivity index (χ1n) is 6.41. The van der Waals surface area contributed by atoms with Crippen molar-refractivity contribution in [3.8, 4) is 0 Å². The van der Waals surface area contributed by atoms with Crippen LogP contribution in [0.25, 0.3) is 10.2 Å². The fourth-order valence-corrected chi connectivity index (χ4v) is 3.65. The Hall–Kier alpha value is -1.20. The van der Waals surface area contributed by atoms with Gasteiger partial charge in [-0.1, -0.05) is 0 Å². The number of anilines is 1. The van der Waals surface area contributed by atoms with Crippen LogP contribution in [-0.4, -0.2) is 22.6 Å². The minimum atomic E-state index is 0.389. The normalized spacial score (nSPS) is 15.1. The highest BCUT2D eigenvalue weighted by molar-refractivity contribution is 7.19. The zero-order chi connectivity index (χ0) is 12.7. The maximum atomic E-state index is 4.59. The third-order valence-corrected chi connectivity index (χ3v) is 4.23. The van der Waals surface area contributed by atoms with Gasteiger partial charge in [0.2, 0.25) is 0 Å². The second-order valence-corrected chi connectivity index (χ2v) is 6.11. The Kier molecular flexibility index (Phi) is 2.95. The second kappa shape index (κ2) is 4.48. The summed E-state index contributed by atoms with van der Waals surface area (Å²) in [7, 11) is 0. The molecule has 0 fully saturated rings. The van der Waals surface area contributed by atoms with Crippen LogP contribution >= 0.6 is 11.3 Å². The van der Waals surface area contributed by atoms with Crippen molar-refractivity contribution in [2.24, 2.45) is 0 Å². The number of rotatable bonds is 2. The minimum absolute atomic E-state index is 0.389. The van der Waals surface area contributed by atoms with Crippen LogP contribution in [0, 0.1) is 6.92 Å². The summed E-state index contributed by atoms with van der Waals surface area (Å²) in [6.45, 7) is 8.26. The summed E-state index contributed by atoms with van der Waals surface area (Å²) in [6.07, 6.45) is 1.08. The van der Waals surface area contributed by atoms with Gasteiger partial charge in [0.1, 0.15) is 16.5 Å². The molecular weight excluding hydrogens is 244 g/mol. The zero-order valence-electron chi connectivity index (χ0n) is 11.0. The van der Waals surface area contributed by atoms with Crippen molar-refractivity contribution in [2.45, 2.75) is 39.8 Å². The molecule has 3 rings (SSSR count). The van der Waals surface area contributed by atoms with Gasteiger partial charge in [0.25, 0.3) is 0 Å². The molecule has 0 saturated carbocycles. The van der Waals surface area contributed by atoms with E-state index in [4.69, 9.17) is 0 Å². The van der Waals surface area contributed by atoms with Crippen LogP contribution < -0.4 is 10.6 Å². The molecule has 2 aromatic heterocycles. The molecule has 2 aromatic rings. The molecule has 0 bridgehead atoms. The first kappa shape index (κ1) is 11.9. The summed E-state index contributed by atoms with van der Waals surface area (Å²) in [5.41, 5.74) is 1.44. The van der Waals surface area contributed by atoms with Crippen molar-refractivity contribution in [3.05, 3.63) is 16.3 Å². The summed E-state index contributed by atoms with van der Waals surface area (Å²) < 4.78 is 0. The lowest BCUT2D eigenvalue weighted by Crippen LogP contribution is -2.22. The van der Waals surface area contributed by atoms with Gasteiger partial charge in [0.15, 0.2) is 0 Å². The van der Waals surface area contributed by atoms with Crippen LogP contribution in [0.5, 0.6) is 0 Å². The molecule has 0 aromatic carbocycles. The Morgan fingerprint density at radius 1 is 1.33 bits per heavy atom. The van der Waals surface area contributed by atoms with Gasteiger partial charge < -0.3 is 10.6 Å². The number of aryl methyl sites for hydroxylation is 1. The molecule has 0 spiro atoms. The van der Waals surface area contributed by atoms with Crippen LogP contribution in [0.2, 0.25) is 0 Å². The molecule has 0 atom stereocenters. The summed E-state index contributed by atoms with van der Waals surface area (Å²) in [4.78, 5) is 11.7. The molecule has 5 heteroatoms. The number of hydrogen-bond donors (Lipinski definition) is 2. The quantitative estimate of drug-likeness (QED) is 0.873. The first-order chi connectivity index (χ1) is 8.65. The maximum Gasteiger partial charge on any atom is 0.138 e. The number of thiophene rings is 1. The minimum Gasteiger partial charge on any atom is -0.367 e. The Morgan fingerprint density at radius 3 is 2.94 bits per heavy atom. The first-order valence-corrected chi connectivity index (χ1v) is 7.23. The SMILES string of the molecule is Cc1nc(NC(C)C)c2c3c(sc2n1)CNCC3. The molecule has 1 aliphatic heterocycles. The molecule has 4 nitrogen and oxygen atoms in total. The topological polar surface area (TPSA) is 49.8 Å². The fraction of sp³-hybridized carbons (Fsp3) is 0.538. The number of nitrogens with zero attached hydrogens (tertiary/aromatic N) is 2. The van der Waals surface area contributed by atoms with Gasteiger partial charge in [-0.3, -0.25) is 0 Å². The molecule has 0 radical (unpaired) electrons. The third kappa shape index (κ3) is 1.97. The van der Waals surface area contributed by atoms with Crippen molar-refractivity contribution in [1.82, 2.24) is 15.3 Å². The van der Waals surface area contributed by atoms with E-state index in [1.165, 1.54) is 15.8 Å². The van der Waals surface area contributed by atoms with Gasteiger partial charge in [-0.2, -0.15) is 0 Å². The monoisotopic (exact) mass is 262 g/mol. The fourth-order valence-electron chi connectivity index (χ4n) is 2.41. The van der Waals surface area contributed by atoms with Gasteiger partial charge in [-0.05, 0) is 39.3 Å². The summed E-state index contributed by atoms with van der Waals surface area (Å²) in [6, 6.07) is 0.389. The van der Waals surface area contributed by atoms with E-state index in [0.717, 1.165) is 36.0 Å². The molecule has 3 heterocycles. The molecule has 18 heavy (non-hydrogen) atoms. The van der Waals surface area contributed by atoms with Crippen molar-refractivity contribution >= 4 is 27.4 Å². The van der Waals surface area contributed by atoms with E-state index in [2.05, 4.69) is 34.4 Å². The molecular formula is C13H18N4S. The van der Waals surface area contributed by atoms with Crippen molar-refractivity contribution < 1.29 is 0 Å². The van der Waals surface area contributed by atoms with E-state index >= 15 is 0 Å². The lowest BCUT2D eigenvalue weighted by atomic mass is 10.1. The van der Waals surface area contributed by atoms with Crippen LogP contribution in [-0.2, 0) is 13.0 Å². The molecule has 0 unspecified atom stereocenters. The van der Waals surface area contributed by atoms with Gasteiger partial charge in [0, 0.05) is 17.5 Å². The highest BCUT2D eigenvalue weighted by Gasteiger charge is 2.20. The Balaban J connectivity index is 2.22. The lowest BCUT2D eigenvalue weighted by Gasteiger charge is -2.15. The average molecular weight is 262 g/mol. The Labute approximate surface area is 111 Å². The van der Waals surface area contributed by atoms with Gasteiger partial charge in [-0.25, -0.2) is 9.97 Å². The molecule has 0 amide bonds. The molecule has 96 valence electrons. The van der Waals surface area contributed by atoms with Crippen LogP contribution in [0.3, 0.4) is 0 Å². The smallest absolute Gasteiger partial charge is 0.138 e. The van der Waals surface area contributed by atoms with Gasteiger partial charge in [0.05, 0.1) is 5.39 Å². The van der Waals surface area contributed by atoms with E-state index in [-0.39, 0.29) is 0 Å². The third-order valence-electron chi connectivity index (χ3n) is 3.11. The predicted octanol–water partition coefficient (Wildman–Crippen LogP) is 2.47. The largest absolute Gasteiger partial charge is 0.367 e. The van der Waals surface area contributed by atoms with Gasteiger partial charge >= 0.3 is 0 Å². The summed E-state index contributed by atoms with van der Waals surface area (Å²) in [5.74, 6) is 1.85. The number of nitrogens with one attached hydrogen (secondary N) is 2.